The molecule has 4 nitrogen and oxygen atoms in total. The second kappa shape index (κ2) is 2.53. The van der Waals surface area contributed by atoms with Crippen molar-refractivity contribution in [2.24, 2.45) is 0 Å². The summed E-state index contributed by atoms with van der Waals surface area (Å²) in [5.41, 5.74) is -0.663. The van der Waals surface area contributed by atoms with E-state index >= 15 is 0 Å². The first kappa shape index (κ1) is 6.82. The Bertz CT molecular complexity index is 275. The molecule has 0 atom stereocenters. The molecule has 54 valence electrons. The zero-order valence-corrected chi connectivity index (χ0v) is 5.07. The minimum absolute atomic E-state index is 0.0602. The van der Waals surface area contributed by atoms with E-state index in [0.29, 0.717) is 0 Å². The number of hydrogen-bond acceptors (Lipinski definition) is 4. The van der Waals surface area contributed by atoms with Gasteiger partial charge in [0.15, 0.2) is 0 Å². The predicted molar refractivity (Wildman–Crippen MR) is 32.6 cm³/mol. The van der Waals surface area contributed by atoms with Crippen LogP contribution in [0.2, 0.25) is 0 Å². The summed E-state index contributed by atoms with van der Waals surface area (Å²) in [5.74, 6) is -0.134. The molecule has 0 aliphatic heterocycles. The van der Waals surface area contributed by atoms with Gasteiger partial charge in [-0.1, -0.05) is 0 Å². The quantitative estimate of drug-likeness (QED) is 0.571. The molecule has 1 heterocycles. The third kappa shape index (κ3) is 1.35. The average molecular weight is 142 g/mol. The minimum atomic E-state index is -0.663. The lowest BCUT2D eigenvalue weighted by atomic mass is 10.4. The summed E-state index contributed by atoms with van der Waals surface area (Å²) in [6.07, 6.45) is 0. The van der Waals surface area contributed by atoms with Gasteiger partial charge < -0.3 is 14.6 Å². The van der Waals surface area contributed by atoms with Crippen LogP contribution in [0.5, 0.6) is 5.75 Å². The molecule has 0 radical (unpaired) electrons. The number of aliphatic hydroxyl groups is 1. The monoisotopic (exact) mass is 142 g/mol. The first-order valence-corrected chi connectivity index (χ1v) is 2.66. The highest BCUT2D eigenvalue weighted by molar-refractivity contribution is 5.17. The molecule has 0 aromatic carbocycles. The number of rotatable bonds is 1. The van der Waals surface area contributed by atoms with Crippen LogP contribution in [-0.4, -0.2) is 10.2 Å². The van der Waals surface area contributed by atoms with Crippen LogP contribution >= 0.6 is 0 Å². The number of aromatic hydroxyl groups is 1. The second-order valence-electron chi connectivity index (χ2n) is 1.76. The van der Waals surface area contributed by atoms with Crippen molar-refractivity contribution < 1.29 is 14.6 Å². The molecule has 0 aliphatic rings. The first-order valence-electron chi connectivity index (χ1n) is 2.66. The predicted octanol–water partition coefficient (Wildman–Crippen LogP) is -0.162. The maximum absolute atomic E-state index is 10.4. The van der Waals surface area contributed by atoms with Gasteiger partial charge in [0, 0.05) is 6.07 Å². The maximum atomic E-state index is 10.4. The maximum Gasteiger partial charge on any atom is 0.339 e. The zero-order chi connectivity index (χ0) is 7.56. The van der Waals surface area contributed by atoms with Crippen LogP contribution in [0.1, 0.15) is 5.76 Å². The third-order valence-electron chi connectivity index (χ3n) is 0.962. The van der Waals surface area contributed by atoms with E-state index in [1.165, 1.54) is 6.07 Å². The van der Waals surface area contributed by atoms with Gasteiger partial charge in [-0.25, -0.2) is 4.79 Å². The fourth-order valence-electron chi connectivity index (χ4n) is 0.593. The number of hydrogen-bond donors (Lipinski definition) is 2. The van der Waals surface area contributed by atoms with E-state index in [-0.39, 0.29) is 18.1 Å². The van der Waals surface area contributed by atoms with Crippen molar-refractivity contribution in [1.29, 1.82) is 0 Å². The van der Waals surface area contributed by atoms with Gasteiger partial charge in [-0.3, -0.25) is 0 Å². The summed E-state index contributed by atoms with van der Waals surface area (Å²) in [7, 11) is 0. The molecule has 1 rings (SSSR count). The van der Waals surface area contributed by atoms with Gasteiger partial charge in [0.1, 0.15) is 18.1 Å². The molecular formula is C6H6O4. The molecule has 0 saturated carbocycles. The average Bonchev–Trinajstić information content (AvgIpc) is 1.85. The molecule has 0 aliphatic carbocycles. The van der Waals surface area contributed by atoms with E-state index in [1.807, 2.05) is 0 Å². The topological polar surface area (TPSA) is 70.7 Å². The van der Waals surface area contributed by atoms with Gasteiger partial charge in [0.25, 0.3) is 0 Å². The van der Waals surface area contributed by atoms with Crippen LogP contribution in [0, 0.1) is 0 Å². The lowest BCUT2D eigenvalue weighted by molar-refractivity contribution is 0.238. The van der Waals surface area contributed by atoms with Crippen molar-refractivity contribution in [2.75, 3.05) is 0 Å². The largest absolute Gasteiger partial charge is 0.508 e. The van der Waals surface area contributed by atoms with Crippen molar-refractivity contribution in [2.45, 2.75) is 6.61 Å². The summed E-state index contributed by atoms with van der Waals surface area (Å²) in [6, 6.07) is 2.11. The van der Waals surface area contributed by atoms with Gasteiger partial charge in [0.05, 0.1) is 6.07 Å². The molecule has 1 aromatic heterocycles. The van der Waals surface area contributed by atoms with E-state index in [1.54, 1.807) is 0 Å². The van der Waals surface area contributed by atoms with Crippen molar-refractivity contribution in [3.05, 3.63) is 28.3 Å². The Morgan fingerprint density at radius 2 is 2.20 bits per heavy atom. The van der Waals surface area contributed by atoms with Crippen molar-refractivity contribution >= 4 is 0 Å². The summed E-state index contributed by atoms with van der Waals surface area (Å²) in [5, 5.41) is 17.2. The van der Waals surface area contributed by atoms with Gasteiger partial charge >= 0.3 is 5.63 Å². The molecule has 0 spiro atoms. The lowest BCUT2D eigenvalue weighted by Crippen LogP contribution is -1.98. The van der Waals surface area contributed by atoms with Crippen molar-refractivity contribution in [1.82, 2.24) is 0 Å². The molecule has 10 heavy (non-hydrogen) atoms. The zero-order valence-electron chi connectivity index (χ0n) is 5.07. The van der Waals surface area contributed by atoms with Crippen LogP contribution < -0.4 is 5.63 Å². The molecule has 1 aromatic rings. The minimum Gasteiger partial charge on any atom is -0.508 e. The van der Waals surface area contributed by atoms with E-state index < -0.39 is 5.63 Å². The Kier molecular flexibility index (Phi) is 1.73. The van der Waals surface area contributed by atoms with Crippen molar-refractivity contribution in [3.63, 3.8) is 0 Å². The first-order chi connectivity index (χ1) is 4.72. The highest BCUT2D eigenvalue weighted by Crippen LogP contribution is 2.06. The van der Waals surface area contributed by atoms with E-state index in [4.69, 9.17) is 10.2 Å². The molecule has 0 saturated heterocycles. The van der Waals surface area contributed by atoms with Gasteiger partial charge in [0.2, 0.25) is 0 Å². The molecule has 0 unspecified atom stereocenters. The van der Waals surface area contributed by atoms with Crippen LogP contribution in [0.25, 0.3) is 0 Å². The van der Waals surface area contributed by atoms with Gasteiger partial charge in [-0.05, 0) is 0 Å². The van der Waals surface area contributed by atoms with Crippen LogP contribution in [0.3, 0.4) is 0 Å². The third-order valence-corrected chi connectivity index (χ3v) is 0.962. The normalized spacial score (nSPS) is 9.70. The molecule has 2 N–H and O–H groups in total. The highest BCUT2D eigenvalue weighted by Gasteiger charge is 1.96. The molecule has 0 bridgehead atoms. The van der Waals surface area contributed by atoms with E-state index in [2.05, 4.69) is 4.42 Å². The second-order valence-corrected chi connectivity index (χ2v) is 1.76. The van der Waals surface area contributed by atoms with Crippen LogP contribution in [0.15, 0.2) is 21.3 Å². The van der Waals surface area contributed by atoms with Gasteiger partial charge in [-0.2, -0.15) is 0 Å². The fraction of sp³-hybridized carbons (Fsp3) is 0.167. The Morgan fingerprint density at radius 1 is 1.50 bits per heavy atom. The standard InChI is InChI=1S/C6H6O4/c7-3-5-1-4(8)2-6(9)10-5/h1-2,7-8H,3H2. The molecule has 0 amide bonds. The molecule has 4 heteroatoms. The van der Waals surface area contributed by atoms with Crippen LogP contribution in [-0.2, 0) is 6.61 Å². The summed E-state index contributed by atoms with van der Waals surface area (Å²) in [4.78, 5) is 10.4. The Hall–Kier alpha value is -1.29. The fourth-order valence-corrected chi connectivity index (χ4v) is 0.593. The Labute approximate surface area is 56.4 Å². The summed E-state index contributed by atoms with van der Waals surface area (Å²) < 4.78 is 4.44. The highest BCUT2D eigenvalue weighted by atomic mass is 16.4. The van der Waals surface area contributed by atoms with Crippen LogP contribution in [0.4, 0.5) is 0 Å². The Morgan fingerprint density at radius 3 is 2.70 bits per heavy atom. The molecular weight excluding hydrogens is 136 g/mol. The van der Waals surface area contributed by atoms with E-state index in [9.17, 15) is 4.79 Å². The Balaban J connectivity index is 3.19. The summed E-state index contributed by atoms with van der Waals surface area (Å²) >= 11 is 0. The molecule has 0 fully saturated rings. The van der Waals surface area contributed by atoms with Crippen molar-refractivity contribution in [3.8, 4) is 5.75 Å². The smallest absolute Gasteiger partial charge is 0.339 e. The number of aliphatic hydroxyl groups excluding tert-OH is 1. The lowest BCUT2D eigenvalue weighted by Gasteiger charge is -1.92. The van der Waals surface area contributed by atoms with E-state index in [0.717, 1.165) is 6.07 Å². The summed E-state index contributed by atoms with van der Waals surface area (Å²) in [6.45, 7) is -0.385. The van der Waals surface area contributed by atoms with Gasteiger partial charge in [-0.15, -0.1) is 0 Å². The SMILES string of the molecule is O=c1cc(O)cc(CO)o1.